The predicted octanol–water partition coefficient (Wildman–Crippen LogP) is 0.591. The van der Waals surface area contributed by atoms with Crippen LogP contribution in [0.3, 0.4) is 0 Å². The van der Waals surface area contributed by atoms with Crippen LogP contribution in [-0.4, -0.2) is 29.4 Å². The van der Waals surface area contributed by atoms with Gasteiger partial charge in [0.05, 0.1) is 6.04 Å². The third-order valence-corrected chi connectivity index (χ3v) is 1.73. The minimum absolute atomic E-state index is 0.0162. The summed E-state index contributed by atoms with van der Waals surface area (Å²) in [4.78, 5) is 13.0. The molecule has 0 heterocycles. The Kier molecular flexibility index (Phi) is 3.05. The van der Waals surface area contributed by atoms with Gasteiger partial charge < -0.3 is 10.6 Å². The largest absolute Gasteiger partial charge is 0.340 e. The molecule has 3 heteroatoms. The number of nitrogens with zero attached hydrogens (tertiary/aromatic N) is 1. The van der Waals surface area contributed by atoms with Gasteiger partial charge in [0.2, 0.25) is 5.91 Å². The van der Waals surface area contributed by atoms with Crippen LogP contribution in [0.1, 0.15) is 27.7 Å². The molecule has 0 aliphatic heterocycles. The SMILES string of the molecule is C[C@H](N)C(=O)N(C)C(C)(C)C. The maximum Gasteiger partial charge on any atom is 0.239 e. The standard InChI is InChI=1S/C8H18N2O/c1-6(9)7(11)10(5)8(2,3)4/h6H,9H2,1-5H3/t6-/m0/s1. The average Bonchev–Trinajstić information content (AvgIpc) is 1.82. The highest BCUT2D eigenvalue weighted by Gasteiger charge is 2.23. The van der Waals surface area contributed by atoms with Crippen molar-refractivity contribution in [2.24, 2.45) is 5.73 Å². The van der Waals surface area contributed by atoms with E-state index in [4.69, 9.17) is 5.73 Å². The normalized spacial score (nSPS) is 14.4. The molecular weight excluding hydrogens is 140 g/mol. The molecule has 0 aromatic rings. The highest BCUT2D eigenvalue weighted by molar-refractivity contribution is 5.81. The molecule has 0 bridgehead atoms. The molecule has 66 valence electrons. The third-order valence-electron chi connectivity index (χ3n) is 1.73. The van der Waals surface area contributed by atoms with Gasteiger partial charge in [-0.25, -0.2) is 0 Å². The van der Waals surface area contributed by atoms with Crippen molar-refractivity contribution in [3.63, 3.8) is 0 Å². The molecule has 0 spiro atoms. The lowest BCUT2D eigenvalue weighted by Crippen LogP contribution is -2.48. The van der Waals surface area contributed by atoms with Gasteiger partial charge in [-0.05, 0) is 27.7 Å². The van der Waals surface area contributed by atoms with Crippen LogP contribution in [-0.2, 0) is 4.79 Å². The molecule has 3 nitrogen and oxygen atoms in total. The van der Waals surface area contributed by atoms with E-state index in [2.05, 4.69) is 0 Å². The maximum absolute atomic E-state index is 11.3. The zero-order chi connectivity index (χ0) is 9.23. The second-order valence-corrected chi connectivity index (χ2v) is 3.86. The summed E-state index contributed by atoms with van der Waals surface area (Å²) in [7, 11) is 1.77. The van der Waals surface area contributed by atoms with E-state index in [0.29, 0.717) is 0 Å². The van der Waals surface area contributed by atoms with Crippen LogP contribution in [0.5, 0.6) is 0 Å². The van der Waals surface area contributed by atoms with Gasteiger partial charge in [-0.2, -0.15) is 0 Å². The van der Waals surface area contributed by atoms with Gasteiger partial charge in [0, 0.05) is 12.6 Å². The van der Waals surface area contributed by atoms with Crippen LogP contribution in [0.15, 0.2) is 0 Å². The van der Waals surface area contributed by atoms with E-state index < -0.39 is 6.04 Å². The molecule has 0 saturated carbocycles. The molecule has 0 aromatic heterocycles. The Labute approximate surface area is 68.6 Å². The zero-order valence-electron chi connectivity index (χ0n) is 8.01. The van der Waals surface area contributed by atoms with Crippen molar-refractivity contribution in [1.82, 2.24) is 4.90 Å². The predicted molar refractivity (Wildman–Crippen MR) is 46.2 cm³/mol. The molecular formula is C8H18N2O. The van der Waals surface area contributed by atoms with Crippen LogP contribution in [0.2, 0.25) is 0 Å². The monoisotopic (exact) mass is 158 g/mol. The van der Waals surface area contributed by atoms with Gasteiger partial charge >= 0.3 is 0 Å². The van der Waals surface area contributed by atoms with Crippen molar-refractivity contribution in [2.45, 2.75) is 39.3 Å². The lowest BCUT2D eigenvalue weighted by atomic mass is 10.1. The Morgan fingerprint density at radius 1 is 1.45 bits per heavy atom. The Morgan fingerprint density at radius 2 is 1.82 bits per heavy atom. The number of carbonyl (C=O) groups is 1. The van der Waals surface area contributed by atoms with Gasteiger partial charge in [0.1, 0.15) is 0 Å². The van der Waals surface area contributed by atoms with Crippen molar-refractivity contribution in [1.29, 1.82) is 0 Å². The van der Waals surface area contributed by atoms with E-state index in [1.807, 2.05) is 20.8 Å². The molecule has 0 aromatic carbocycles. The quantitative estimate of drug-likeness (QED) is 0.607. The molecule has 0 saturated heterocycles. The molecule has 0 aliphatic rings. The first-order valence-electron chi connectivity index (χ1n) is 3.80. The smallest absolute Gasteiger partial charge is 0.239 e. The van der Waals surface area contributed by atoms with Crippen LogP contribution < -0.4 is 5.73 Å². The maximum atomic E-state index is 11.3. The van der Waals surface area contributed by atoms with E-state index in [9.17, 15) is 4.79 Å². The lowest BCUT2D eigenvalue weighted by Gasteiger charge is -2.33. The van der Waals surface area contributed by atoms with Crippen LogP contribution in [0, 0.1) is 0 Å². The van der Waals surface area contributed by atoms with Crippen LogP contribution >= 0.6 is 0 Å². The van der Waals surface area contributed by atoms with E-state index in [-0.39, 0.29) is 11.4 Å². The second-order valence-electron chi connectivity index (χ2n) is 3.86. The molecule has 1 amide bonds. The van der Waals surface area contributed by atoms with Crippen LogP contribution in [0.25, 0.3) is 0 Å². The van der Waals surface area contributed by atoms with E-state index in [1.54, 1.807) is 18.9 Å². The summed E-state index contributed by atoms with van der Waals surface area (Å²) in [5.74, 6) is -0.0162. The van der Waals surface area contributed by atoms with Gasteiger partial charge in [-0.1, -0.05) is 0 Å². The lowest BCUT2D eigenvalue weighted by molar-refractivity contribution is -0.135. The highest BCUT2D eigenvalue weighted by Crippen LogP contribution is 2.10. The van der Waals surface area contributed by atoms with Crippen molar-refractivity contribution < 1.29 is 4.79 Å². The average molecular weight is 158 g/mol. The Balaban J connectivity index is 4.26. The van der Waals surface area contributed by atoms with E-state index in [0.717, 1.165) is 0 Å². The summed E-state index contributed by atoms with van der Waals surface area (Å²) >= 11 is 0. The van der Waals surface area contributed by atoms with Crippen LogP contribution in [0.4, 0.5) is 0 Å². The molecule has 0 rings (SSSR count). The summed E-state index contributed by atoms with van der Waals surface area (Å²) in [5.41, 5.74) is 5.31. The Bertz CT molecular complexity index is 147. The number of carbonyl (C=O) groups excluding carboxylic acids is 1. The van der Waals surface area contributed by atoms with Gasteiger partial charge in [0.15, 0.2) is 0 Å². The summed E-state index contributed by atoms with van der Waals surface area (Å²) in [6, 6.07) is -0.403. The van der Waals surface area contributed by atoms with Crippen molar-refractivity contribution in [3.05, 3.63) is 0 Å². The zero-order valence-corrected chi connectivity index (χ0v) is 8.01. The van der Waals surface area contributed by atoms with Gasteiger partial charge in [0.25, 0.3) is 0 Å². The topological polar surface area (TPSA) is 46.3 Å². The number of hydrogen-bond acceptors (Lipinski definition) is 2. The van der Waals surface area contributed by atoms with Crippen molar-refractivity contribution in [3.8, 4) is 0 Å². The minimum atomic E-state index is -0.403. The summed E-state index contributed by atoms with van der Waals surface area (Å²) in [5, 5.41) is 0. The molecule has 2 N–H and O–H groups in total. The molecule has 0 unspecified atom stereocenters. The van der Waals surface area contributed by atoms with Gasteiger partial charge in [-0.15, -0.1) is 0 Å². The minimum Gasteiger partial charge on any atom is -0.340 e. The third kappa shape index (κ3) is 2.89. The first kappa shape index (κ1) is 10.4. The summed E-state index contributed by atoms with van der Waals surface area (Å²) in [6.07, 6.45) is 0. The first-order chi connectivity index (χ1) is 4.76. The van der Waals surface area contributed by atoms with Crippen molar-refractivity contribution in [2.75, 3.05) is 7.05 Å². The fourth-order valence-corrected chi connectivity index (χ4v) is 0.636. The Hall–Kier alpha value is -0.570. The van der Waals surface area contributed by atoms with E-state index >= 15 is 0 Å². The summed E-state index contributed by atoms with van der Waals surface area (Å²) in [6.45, 7) is 7.64. The number of hydrogen-bond donors (Lipinski definition) is 1. The number of amides is 1. The first-order valence-corrected chi connectivity index (χ1v) is 3.80. The van der Waals surface area contributed by atoms with Gasteiger partial charge in [-0.3, -0.25) is 4.79 Å². The number of likely N-dealkylation sites (N-methyl/N-ethyl adjacent to an activating group) is 1. The second kappa shape index (κ2) is 3.22. The van der Waals surface area contributed by atoms with Crippen molar-refractivity contribution >= 4 is 5.91 Å². The fraction of sp³-hybridized carbons (Fsp3) is 0.875. The Morgan fingerprint density at radius 3 is 1.91 bits per heavy atom. The number of nitrogens with two attached hydrogens (primary N) is 1. The molecule has 0 aliphatic carbocycles. The molecule has 0 fully saturated rings. The number of rotatable bonds is 1. The van der Waals surface area contributed by atoms with E-state index in [1.165, 1.54) is 0 Å². The highest BCUT2D eigenvalue weighted by atomic mass is 16.2. The molecule has 1 atom stereocenters. The fourth-order valence-electron chi connectivity index (χ4n) is 0.636. The molecule has 11 heavy (non-hydrogen) atoms. The summed E-state index contributed by atoms with van der Waals surface area (Å²) < 4.78 is 0. The molecule has 0 radical (unpaired) electrons.